The minimum absolute atomic E-state index is 0.119. The lowest BCUT2D eigenvalue weighted by atomic mass is 9.93. The van der Waals surface area contributed by atoms with Crippen LogP contribution in [0.25, 0.3) is 11.3 Å². The number of hydrogen-bond donors (Lipinski definition) is 1. The summed E-state index contributed by atoms with van der Waals surface area (Å²) in [5.74, 6) is -0.250. The van der Waals surface area contributed by atoms with Gasteiger partial charge in [0.1, 0.15) is 22.8 Å². The number of aromatic nitrogens is 3. The summed E-state index contributed by atoms with van der Waals surface area (Å²) >= 11 is 0. The van der Waals surface area contributed by atoms with E-state index >= 15 is 0 Å². The molecule has 4 rings (SSSR count). The van der Waals surface area contributed by atoms with Crippen molar-refractivity contribution in [3.63, 3.8) is 0 Å². The van der Waals surface area contributed by atoms with E-state index in [0.29, 0.717) is 18.5 Å². The van der Waals surface area contributed by atoms with Crippen molar-refractivity contribution in [2.75, 3.05) is 7.11 Å². The molecule has 1 N–H and O–H groups in total. The first-order chi connectivity index (χ1) is 14.1. The normalized spacial score (nSPS) is 12.2. The number of aromatic amines is 1. The molecular weight excluding hydrogens is 377 g/mol. The summed E-state index contributed by atoms with van der Waals surface area (Å²) in [6.45, 7) is 0.479. The van der Waals surface area contributed by atoms with Crippen LogP contribution in [0.15, 0.2) is 64.3 Å². The number of nitrogens with zero attached hydrogens (tertiary/aromatic N) is 2. The Morgan fingerprint density at radius 3 is 2.76 bits per heavy atom. The van der Waals surface area contributed by atoms with Gasteiger partial charge in [-0.3, -0.25) is 4.79 Å². The second-order valence-electron chi connectivity index (χ2n) is 6.62. The molecule has 2 aromatic rings. The van der Waals surface area contributed by atoms with Crippen LogP contribution in [0.2, 0.25) is 0 Å². The summed E-state index contributed by atoms with van der Waals surface area (Å²) in [7, 11) is 1.28. The number of carbonyl (C=O) groups is 1. The summed E-state index contributed by atoms with van der Waals surface area (Å²) in [4.78, 5) is 24.2. The van der Waals surface area contributed by atoms with Crippen LogP contribution in [0.5, 0.6) is 0 Å². The van der Waals surface area contributed by atoms with Gasteiger partial charge < -0.3 is 13.7 Å². The quantitative estimate of drug-likeness (QED) is 0.505. The molecule has 0 radical (unpaired) electrons. The molecule has 29 heavy (non-hydrogen) atoms. The number of hydrogen-bond acceptors (Lipinski definition) is 5. The minimum Gasteiger partial charge on any atom is -0.469 e. The maximum absolute atomic E-state index is 13.3. The van der Waals surface area contributed by atoms with Gasteiger partial charge in [-0.15, -0.1) is 0 Å². The van der Waals surface area contributed by atoms with Gasteiger partial charge in [0.05, 0.1) is 18.9 Å². The Balaban J connectivity index is 1.67. The molecule has 1 unspecified atom stereocenters. The van der Waals surface area contributed by atoms with Crippen molar-refractivity contribution in [1.29, 1.82) is 0 Å². The van der Waals surface area contributed by atoms with E-state index < -0.39 is 5.97 Å². The van der Waals surface area contributed by atoms with Crippen LogP contribution < -0.4 is 5.56 Å². The highest BCUT2D eigenvalue weighted by Crippen LogP contribution is 2.30. The molecule has 8 heteroatoms. The van der Waals surface area contributed by atoms with Gasteiger partial charge in [0.25, 0.3) is 5.56 Å². The van der Waals surface area contributed by atoms with E-state index in [-0.39, 0.29) is 28.6 Å². The van der Waals surface area contributed by atoms with Crippen LogP contribution >= 0.6 is 0 Å². The number of carbonyl (C=O) groups excluding carboxylic acids is 1. The second kappa shape index (κ2) is 7.75. The van der Waals surface area contributed by atoms with Gasteiger partial charge in [0.15, 0.2) is 0 Å². The van der Waals surface area contributed by atoms with Crippen molar-refractivity contribution < 1.29 is 18.3 Å². The molecule has 0 spiro atoms. The van der Waals surface area contributed by atoms with Crippen LogP contribution in [0.3, 0.4) is 0 Å². The molecule has 2 aliphatic heterocycles. The Morgan fingerprint density at radius 1 is 1.28 bits per heavy atom. The molecule has 0 aliphatic carbocycles. The molecule has 0 amide bonds. The number of methoxy groups -OCH3 is 1. The van der Waals surface area contributed by atoms with Crippen molar-refractivity contribution in [3.8, 4) is 11.3 Å². The van der Waals surface area contributed by atoms with Gasteiger partial charge in [-0.05, 0) is 36.2 Å². The Morgan fingerprint density at radius 2 is 2.07 bits per heavy atom. The van der Waals surface area contributed by atoms with Gasteiger partial charge >= 0.3 is 5.97 Å². The number of aryl methyl sites for hydroxylation is 1. The summed E-state index contributed by atoms with van der Waals surface area (Å²) < 4.78 is 25.5. The minimum atomic E-state index is -0.572. The zero-order valence-electron chi connectivity index (χ0n) is 15.6. The molecule has 0 fully saturated rings. The van der Waals surface area contributed by atoms with Crippen molar-refractivity contribution in [3.05, 3.63) is 88.1 Å². The molecule has 3 heterocycles. The first-order valence-electron chi connectivity index (χ1n) is 9.02. The number of nitrogens with one attached hydrogen (secondary N) is 1. The first-order valence-corrected chi connectivity index (χ1v) is 9.02. The molecule has 7 nitrogen and oxygen atoms in total. The average Bonchev–Trinajstić information content (AvgIpc) is 3.39. The largest absolute Gasteiger partial charge is 0.469 e. The monoisotopic (exact) mass is 395 g/mol. The first kappa shape index (κ1) is 18.7. The molecule has 1 aromatic heterocycles. The zero-order valence-corrected chi connectivity index (χ0v) is 15.6. The van der Waals surface area contributed by atoms with Crippen LogP contribution in [0, 0.1) is 5.82 Å². The third kappa shape index (κ3) is 3.69. The molecule has 0 saturated heterocycles. The molecule has 1 atom stereocenters. The third-order valence-corrected chi connectivity index (χ3v) is 4.85. The Kier molecular flexibility index (Phi) is 4.99. The van der Waals surface area contributed by atoms with Gasteiger partial charge in [0, 0.05) is 24.9 Å². The fourth-order valence-corrected chi connectivity index (χ4v) is 3.41. The molecule has 0 saturated carbocycles. The molecular formula is C21H18FN3O4. The number of fused-ring (bicyclic) bond motifs is 1. The SMILES string of the molecule is COC(=O)c1cn(CCC(c2ccc(F)cc2)c2ccco2)cc2c(=O)[nH]nc1-2. The molecule has 0 bridgehead atoms. The summed E-state index contributed by atoms with van der Waals surface area (Å²) in [5.41, 5.74) is 1.33. The lowest BCUT2D eigenvalue weighted by Gasteiger charge is -2.17. The van der Waals surface area contributed by atoms with E-state index in [1.54, 1.807) is 41.4 Å². The average molecular weight is 395 g/mol. The highest BCUT2D eigenvalue weighted by molar-refractivity contribution is 5.95. The van der Waals surface area contributed by atoms with E-state index in [2.05, 4.69) is 10.2 Å². The van der Waals surface area contributed by atoms with Crippen LogP contribution in [-0.2, 0) is 11.3 Å². The van der Waals surface area contributed by atoms with E-state index in [9.17, 15) is 14.0 Å². The number of esters is 1. The molecule has 2 aliphatic rings. The number of H-pyrrole nitrogens is 1. The predicted molar refractivity (Wildman–Crippen MR) is 102 cm³/mol. The Hall–Kier alpha value is -3.68. The maximum Gasteiger partial charge on any atom is 0.341 e. The summed E-state index contributed by atoms with van der Waals surface area (Å²) in [6, 6.07) is 9.94. The fourth-order valence-electron chi connectivity index (χ4n) is 3.41. The number of rotatable bonds is 6. The van der Waals surface area contributed by atoms with Crippen LogP contribution in [0.1, 0.15) is 34.0 Å². The fraction of sp³-hybridized carbons (Fsp3) is 0.190. The van der Waals surface area contributed by atoms with E-state index in [1.807, 2.05) is 6.07 Å². The maximum atomic E-state index is 13.3. The second-order valence-corrected chi connectivity index (χ2v) is 6.62. The smallest absolute Gasteiger partial charge is 0.341 e. The van der Waals surface area contributed by atoms with Crippen molar-refractivity contribution in [1.82, 2.24) is 14.8 Å². The number of benzene rings is 1. The Labute approximate surface area is 165 Å². The number of halogens is 1. The number of furan rings is 1. The molecule has 148 valence electrons. The van der Waals surface area contributed by atoms with Gasteiger partial charge in [0.2, 0.25) is 0 Å². The lowest BCUT2D eigenvalue weighted by molar-refractivity contribution is 0.0600. The van der Waals surface area contributed by atoms with Gasteiger partial charge in [-0.2, -0.15) is 5.10 Å². The zero-order chi connectivity index (χ0) is 20.4. The molecule has 1 aromatic carbocycles. The summed E-state index contributed by atoms with van der Waals surface area (Å²) in [6.07, 6.45) is 5.45. The van der Waals surface area contributed by atoms with Crippen molar-refractivity contribution >= 4 is 5.97 Å². The van der Waals surface area contributed by atoms with Crippen LogP contribution in [-0.4, -0.2) is 27.8 Å². The highest BCUT2D eigenvalue weighted by Gasteiger charge is 2.23. The predicted octanol–water partition coefficient (Wildman–Crippen LogP) is 3.42. The standard InChI is InChI=1S/C21H18FN3O4/c1-28-21(27)17-12-25(11-16-19(17)23-24-20(16)26)9-8-15(18-3-2-10-29-18)13-4-6-14(22)7-5-13/h2-7,10-12,15H,8-9H2,1H3,(H,24,26). The van der Waals surface area contributed by atoms with Crippen molar-refractivity contribution in [2.24, 2.45) is 0 Å². The van der Waals surface area contributed by atoms with Gasteiger partial charge in [-0.1, -0.05) is 12.1 Å². The van der Waals surface area contributed by atoms with E-state index in [4.69, 9.17) is 9.15 Å². The number of pyridine rings is 1. The number of ether oxygens (including phenoxy) is 1. The van der Waals surface area contributed by atoms with Gasteiger partial charge in [-0.25, -0.2) is 14.3 Å². The van der Waals surface area contributed by atoms with Crippen molar-refractivity contribution in [2.45, 2.75) is 18.9 Å². The third-order valence-electron chi connectivity index (χ3n) is 4.85. The van der Waals surface area contributed by atoms with E-state index in [0.717, 1.165) is 11.3 Å². The van der Waals surface area contributed by atoms with Crippen LogP contribution in [0.4, 0.5) is 4.39 Å². The summed E-state index contributed by atoms with van der Waals surface area (Å²) in [5, 5.41) is 6.28. The van der Waals surface area contributed by atoms with E-state index in [1.165, 1.54) is 19.2 Å². The lowest BCUT2D eigenvalue weighted by Crippen LogP contribution is -2.13. The Bertz CT molecular complexity index is 1150. The highest BCUT2D eigenvalue weighted by atomic mass is 19.1. The topological polar surface area (TPSA) is 90.1 Å².